The maximum atomic E-state index is 11.8. The number of carbonyl (C=O) groups excluding carboxylic acids is 1. The average molecular weight is 329 g/mol. The lowest BCUT2D eigenvalue weighted by Gasteiger charge is -2.28. The van der Waals surface area contributed by atoms with Crippen molar-refractivity contribution in [3.63, 3.8) is 0 Å². The highest BCUT2D eigenvalue weighted by Gasteiger charge is 2.16. The molecule has 1 aromatic carbocycles. The van der Waals surface area contributed by atoms with Crippen LogP contribution < -0.4 is 10.1 Å². The van der Waals surface area contributed by atoms with Crippen molar-refractivity contribution < 1.29 is 14.3 Å². The predicted molar refractivity (Wildman–Crippen MR) is 84.8 cm³/mol. The zero-order chi connectivity index (χ0) is 15.2. The zero-order valence-corrected chi connectivity index (χ0v) is 13.3. The smallest absolute Gasteiger partial charge is 0.264 e. The molecule has 5 nitrogen and oxygen atoms in total. The van der Waals surface area contributed by atoms with E-state index in [4.69, 9.17) is 33.3 Å². The standard InChI is InChI=1S/C14H17ClN2O3S/c1-10-8-11(15)2-3-12(10)20-9-13(18)16-14(21)17-4-6-19-7-5-17/h2-3,8H,4-7,9H2,1H3,(H,16,18,21). The molecule has 1 heterocycles. The van der Waals surface area contributed by atoms with Gasteiger partial charge in [0.25, 0.3) is 5.91 Å². The molecule has 1 fully saturated rings. The van der Waals surface area contributed by atoms with E-state index in [0.29, 0.717) is 42.2 Å². The second-order valence-electron chi connectivity index (χ2n) is 4.65. The molecular formula is C14H17ClN2O3S. The first-order chi connectivity index (χ1) is 10.1. The molecule has 0 spiro atoms. The minimum Gasteiger partial charge on any atom is -0.483 e. The Morgan fingerprint density at radius 2 is 2.19 bits per heavy atom. The Kier molecular flexibility index (Phi) is 5.78. The number of rotatable bonds is 3. The maximum absolute atomic E-state index is 11.8. The van der Waals surface area contributed by atoms with Crippen molar-refractivity contribution in [3.05, 3.63) is 28.8 Å². The van der Waals surface area contributed by atoms with Gasteiger partial charge in [-0.15, -0.1) is 0 Å². The quantitative estimate of drug-likeness (QED) is 0.857. The second kappa shape index (κ2) is 7.59. The van der Waals surface area contributed by atoms with E-state index in [-0.39, 0.29) is 12.5 Å². The Hall–Kier alpha value is -1.37. The molecule has 1 amide bonds. The molecule has 1 N–H and O–H groups in total. The summed E-state index contributed by atoms with van der Waals surface area (Å²) < 4.78 is 10.7. The van der Waals surface area contributed by atoms with Gasteiger partial charge in [0.1, 0.15) is 5.75 Å². The van der Waals surface area contributed by atoms with Crippen molar-refractivity contribution in [1.29, 1.82) is 0 Å². The largest absolute Gasteiger partial charge is 0.483 e. The number of nitrogens with zero attached hydrogens (tertiary/aromatic N) is 1. The number of aryl methyl sites for hydroxylation is 1. The third-order valence-electron chi connectivity index (χ3n) is 3.04. The van der Waals surface area contributed by atoms with Crippen molar-refractivity contribution in [2.75, 3.05) is 32.9 Å². The van der Waals surface area contributed by atoms with E-state index >= 15 is 0 Å². The molecule has 0 saturated carbocycles. The van der Waals surface area contributed by atoms with E-state index in [9.17, 15) is 4.79 Å². The summed E-state index contributed by atoms with van der Waals surface area (Å²) in [6.45, 7) is 4.41. The molecule has 0 aliphatic carbocycles. The van der Waals surface area contributed by atoms with Crippen molar-refractivity contribution >= 4 is 34.8 Å². The summed E-state index contributed by atoms with van der Waals surface area (Å²) in [5, 5.41) is 3.72. The average Bonchev–Trinajstić information content (AvgIpc) is 2.47. The van der Waals surface area contributed by atoms with Crippen LogP contribution in [0.4, 0.5) is 0 Å². The fourth-order valence-electron chi connectivity index (χ4n) is 1.92. The fourth-order valence-corrected chi connectivity index (χ4v) is 2.44. The number of thiocarbonyl (C=S) groups is 1. The number of ether oxygens (including phenoxy) is 2. The highest BCUT2D eigenvalue weighted by molar-refractivity contribution is 7.80. The topological polar surface area (TPSA) is 50.8 Å². The third-order valence-corrected chi connectivity index (χ3v) is 3.64. The van der Waals surface area contributed by atoms with Gasteiger partial charge in [-0.25, -0.2) is 0 Å². The van der Waals surface area contributed by atoms with Gasteiger partial charge in [-0.1, -0.05) is 11.6 Å². The molecule has 0 radical (unpaired) electrons. The van der Waals surface area contributed by atoms with Crippen molar-refractivity contribution in [3.8, 4) is 5.75 Å². The molecule has 2 rings (SSSR count). The number of nitrogens with one attached hydrogen (secondary N) is 1. The molecule has 114 valence electrons. The van der Waals surface area contributed by atoms with Gasteiger partial charge in [0.2, 0.25) is 0 Å². The molecule has 1 saturated heterocycles. The number of benzene rings is 1. The molecule has 7 heteroatoms. The van der Waals surface area contributed by atoms with Crippen LogP contribution in [0.2, 0.25) is 5.02 Å². The first-order valence-electron chi connectivity index (χ1n) is 6.62. The molecule has 0 atom stereocenters. The Morgan fingerprint density at radius 1 is 1.48 bits per heavy atom. The van der Waals surface area contributed by atoms with Crippen LogP contribution in [0.25, 0.3) is 0 Å². The molecular weight excluding hydrogens is 312 g/mol. The van der Waals surface area contributed by atoms with Crippen LogP contribution in [0.3, 0.4) is 0 Å². The zero-order valence-electron chi connectivity index (χ0n) is 11.7. The van der Waals surface area contributed by atoms with Crippen LogP contribution in [-0.2, 0) is 9.53 Å². The molecule has 21 heavy (non-hydrogen) atoms. The van der Waals surface area contributed by atoms with Crippen LogP contribution in [0.15, 0.2) is 18.2 Å². The number of hydrogen-bond acceptors (Lipinski definition) is 4. The van der Waals surface area contributed by atoms with Crippen LogP contribution >= 0.6 is 23.8 Å². The molecule has 1 aromatic rings. The van der Waals surface area contributed by atoms with Gasteiger partial charge in [-0.3, -0.25) is 4.79 Å². The number of amides is 1. The Bertz CT molecular complexity index is 533. The molecule has 1 aliphatic rings. The highest BCUT2D eigenvalue weighted by atomic mass is 35.5. The summed E-state index contributed by atoms with van der Waals surface area (Å²) in [5.74, 6) is 0.354. The van der Waals surface area contributed by atoms with Crippen molar-refractivity contribution in [2.45, 2.75) is 6.92 Å². The minimum atomic E-state index is -0.277. The van der Waals surface area contributed by atoms with Crippen LogP contribution in [0, 0.1) is 6.92 Å². The SMILES string of the molecule is Cc1cc(Cl)ccc1OCC(=O)NC(=S)N1CCOCC1. The molecule has 0 bridgehead atoms. The third kappa shape index (κ3) is 4.84. The van der Waals surface area contributed by atoms with Crippen molar-refractivity contribution in [2.24, 2.45) is 0 Å². The van der Waals surface area contributed by atoms with Gasteiger partial charge in [-0.05, 0) is 42.9 Å². The molecule has 0 unspecified atom stereocenters. The summed E-state index contributed by atoms with van der Waals surface area (Å²) in [4.78, 5) is 13.7. The number of morpholine rings is 1. The summed E-state index contributed by atoms with van der Waals surface area (Å²) in [6.07, 6.45) is 0. The van der Waals surface area contributed by atoms with Crippen molar-refractivity contribution in [1.82, 2.24) is 10.2 Å². The Balaban J connectivity index is 1.80. The number of halogens is 1. The van der Waals surface area contributed by atoms with Gasteiger partial charge in [0.15, 0.2) is 11.7 Å². The highest BCUT2D eigenvalue weighted by Crippen LogP contribution is 2.21. The molecule has 0 aromatic heterocycles. The van der Waals surface area contributed by atoms with Gasteiger partial charge in [-0.2, -0.15) is 0 Å². The number of carbonyl (C=O) groups is 1. The van der Waals surface area contributed by atoms with E-state index in [1.807, 2.05) is 11.8 Å². The first kappa shape index (κ1) is 16.0. The predicted octanol–water partition coefficient (Wildman–Crippen LogP) is 1.76. The minimum absolute atomic E-state index is 0.0903. The second-order valence-corrected chi connectivity index (χ2v) is 5.47. The number of hydrogen-bond donors (Lipinski definition) is 1. The van der Waals surface area contributed by atoms with E-state index in [2.05, 4.69) is 5.32 Å². The van der Waals surface area contributed by atoms with Crippen LogP contribution in [0.5, 0.6) is 5.75 Å². The van der Waals surface area contributed by atoms with E-state index in [0.717, 1.165) is 5.56 Å². The van der Waals surface area contributed by atoms with Gasteiger partial charge < -0.3 is 19.7 Å². The molecule has 1 aliphatic heterocycles. The normalized spacial score (nSPS) is 14.7. The van der Waals surface area contributed by atoms with Gasteiger partial charge in [0, 0.05) is 18.1 Å². The van der Waals surface area contributed by atoms with Crippen LogP contribution in [0.1, 0.15) is 5.56 Å². The lowest BCUT2D eigenvalue weighted by atomic mass is 10.2. The summed E-state index contributed by atoms with van der Waals surface area (Å²) >= 11 is 11.1. The Morgan fingerprint density at radius 3 is 2.86 bits per heavy atom. The van der Waals surface area contributed by atoms with E-state index < -0.39 is 0 Å². The van der Waals surface area contributed by atoms with Gasteiger partial charge >= 0.3 is 0 Å². The van der Waals surface area contributed by atoms with E-state index in [1.165, 1.54) is 0 Å². The van der Waals surface area contributed by atoms with Gasteiger partial charge in [0.05, 0.1) is 13.2 Å². The maximum Gasteiger partial charge on any atom is 0.264 e. The lowest BCUT2D eigenvalue weighted by molar-refractivity contribution is -0.121. The lowest BCUT2D eigenvalue weighted by Crippen LogP contribution is -2.48. The first-order valence-corrected chi connectivity index (χ1v) is 7.40. The summed E-state index contributed by atoms with van der Waals surface area (Å²) in [7, 11) is 0. The Labute approximate surface area is 134 Å². The monoisotopic (exact) mass is 328 g/mol. The summed E-state index contributed by atoms with van der Waals surface area (Å²) in [5.41, 5.74) is 0.881. The van der Waals surface area contributed by atoms with Crippen LogP contribution in [-0.4, -0.2) is 48.8 Å². The summed E-state index contributed by atoms with van der Waals surface area (Å²) in [6, 6.07) is 5.25. The van der Waals surface area contributed by atoms with E-state index in [1.54, 1.807) is 18.2 Å². The fraction of sp³-hybridized carbons (Fsp3) is 0.429.